The molecule has 2 aromatic rings. The standard InChI is InChI=1S/C11H11BrN2/c12-11-13-9-3-1-2-4-10(9)14(11)7-8-5-6-8/h1-4,8H,5-7H2. The summed E-state index contributed by atoms with van der Waals surface area (Å²) < 4.78 is 3.23. The zero-order valence-corrected chi connectivity index (χ0v) is 9.37. The monoisotopic (exact) mass is 250 g/mol. The van der Waals surface area contributed by atoms with Crippen molar-refractivity contribution in [2.45, 2.75) is 19.4 Å². The lowest BCUT2D eigenvalue weighted by molar-refractivity contribution is 0.630. The summed E-state index contributed by atoms with van der Waals surface area (Å²) >= 11 is 3.52. The summed E-state index contributed by atoms with van der Waals surface area (Å²) in [5.74, 6) is 0.879. The van der Waals surface area contributed by atoms with E-state index in [0.29, 0.717) is 0 Å². The first-order valence-corrected chi connectivity index (χ1v) is 5.74. The van der Waals surface area contributed by atoms with Crippen molar-refractivity contribution in [3.63, 3.8) is 0 Å². The van der Waals surface area contributed by atoms with Gasteiger partial charge < -0.3 is 4.57 Å². The Morgan fingerprint density at radius 1 is 1.36 bits per heavy atom. The Hall–Kier alpha value is -0.830. The first kappa shape index (κ1) is 8.48. The van der Waals surface area contributed by atoms with Gasteiger partial charge in [-0.2, -0.15) is 0 Å². The predicted octanol–water partition coefficient (Wildman–Crippen LogP) is 3.21. The Kier molecular flexibility index (Phi) is 1.87. The van der Waals surface area contributed by atoms with Gasteiger partial charge in [0.25, 0.3) is 0 Å². The van der Waals surface area contributed by atoms with Crippen LogP contribution in [0, 0.1) is 5.92 Å². The fourth-order valence-corrected chi connectivity index (χ4v) is 2.31. The van der Waals surface area contributed by atoms with Gasteiger partial charge in [0.2, 0.25) is 0 Å². The minimum Gasteiger partial charge on any atom is -0.318 e. The molecule has 1 aliphatic rings. The molecule has 3 heteroatoms. The Balaban J connectivity index is 2.13. The number of halogens is 1. The summed E-state index contributed by atoms with van der Waals surface area (Å²) in [6.45, 7) is 1.11. The van der Waals surface area contributed by atoms with Crippen molar-refractivity contribution in [3.05, 3.63) is 29.0 Å². The third-order valence-corrected chi connectivity index (χ3v) is 3.35. The minimum absolute atomic E-state index is 0.879. The maximum absolute atomic E-state index is 4.47. The lowest BCUT2D eigenvalue weighted by Gasteiger charge is -2.03. The lowest BCUT2D eigenvalue weighted by Crippen LogP contribution is -1.99. The fourth-order valence-electron chi connectivity index (χ4n) is 1.78. The molecule has 3 rings (SSSR count). The zero-order valence-electron chi connectivity index (χ0n) is 7.78. The van der Waals surface area contributed by atoms with Gasteiger partial charge in [0, 0.05) is 6.54 Å². The van der Waals surface area contributed by atoms with E-state index in [0.717, 1.165) is 22.7 Å². The van der Waals surface area contributed by atoms with Crippen LogP contribution in [0.2, 0.25) is 0 Å². The highest BCUT2D eigenvalue weighted by Gasteiger charge is 2.23. The highest BCUT2D eigenvalue weighted by Crippen LogP contribution is 2.33. The van der Waals surface area contributed by atoms with E-state index in [-0.39, 0.29) is 0 Å². The molecule has 1 aromatic carbocycles. The number of nitrogens with zero attached hydrogens (tertiary/aromatic N) is 2. The molecule has 0 aliphatic heterocycles. The van der Waals surface area contributed by atoms with Crippen LogP contribution in [0.1, 0.15) is 12.8 Å². The third kappa shape index (κ3) is 1.36. The van der Waals surface area contributed by atoms with Crippen LogP contribution in [-0.2, 0) is 6.54 Å². The van der Waals surface area contributed by atoms with Crippen LogP contribution in [0.25, 0.3) is 11.0 Å². The second-order valence-corrected chi connectivity index (χ2v) is 4.63. The van der Waals surface area contributed by atoms with Crippen molar-refractivity contribution >= 4 is 27.0 Å². The van der Waals surface area contributed by atoms with Gasteiger partial charge in [-0.3, -0.25) is 0 Å². The first-order chi connectivity index (χ1) is 6.84. The van der Waals surface area contributed by atoms with Gasteiger partial charge in [-0.1, -0.05) is 12.1 Å². The number of fused-ring (bicyclic) bond motifs is 1. The van der Waals surface area contributed by atoms with E-state index < -0.39 is 0 Å². The number of rotatable bonds is 2. The summed E-state index contributed by atoms with van der Waals surface area (Å²) in [6.07, 6.45) is 2.75. The van der Waals surface area contributed by atoms with Gasteiger partial charge in [0.05, 0.1) is 11.0 Å². The molecule has 0 radical (unpaired) electrons. The molecule has 72 valence electrons. The molecule has 0 bridgehead atoms. The summed E-state index contributed by atoms with van der Waals surface area (Å²) in [5.41, 5.74) is 2.33. The number of aromatic nitrogens is 2. The Morgan fingerprint density at radius 3 is 2.93 bits per heavy atom. The fraction of sp³-hybridized carbons (Fsp3) is 0.364. The molecule has 0 saturated heterocycles. The number of hydrogen-bond donors (Lipinski definition) is 0. The molecule has 0 N–H and O–H groups in total. The molecule has 1 heterocycles. The second kappa shape index (κ2) is 3.09. The van der Waals surface area contributed by atoms with Crippen LogP contribution in [0.3, 0.4) is 0 Å². The van der Waals surface area contributed by atoms with Crippen molar-refractivity contribution in [2.75, 3.05) is 0 Å². The smallest absolute Gasteiger partial charge is 0.178 e. The highest BCUT2D eigenvalue weighted by atomic mass is 79.9. The van der Waals surface area contributed by atoms with Crippen molar-refractivity contribution in [1.82, 2.24) is 9.55 Å². The SMILES string of the molecule is Brc1nc2ccccc2n1CC1CC1. The number of benzene rings is 1. The van der Waals surface area contributed by atoms with Crippen LogP contribution in [0.4, 0.5) is 0 Å². The summed E-state index contributed by atoms with van der Waals surface area (Å²) in [7, 11) is 0. The van der Waals surface area contributed by atoms with Crippen molar-refractivity contribution in [1.29, 1.82) is 0 Å². The molecule has 0 amide bonds. The van der Waals surface area contributed by atoms with Crippen LogP contribution >= 0.6 is 15.9 Å². The van der Waals surface area contributed by atoms with Gasteiger partial charge >= 0.3 is 0 Å². The van der Waals surface area contributed by atoms with E-state index in [4.69, 9.17) is 0 Å². The number of para-hydroxylation sites is 2. The van der Waals surface area contributed by atoms with Crippen molar-refractivity contribution in [2.24, 2.45) is 5.92 Å². The van der Waals surface area contributed by atoms with E-state index in [1.807, 2.05) is 6.07 Å². The quantitative estimate of drug-likeness (QED) is 0.801. The van der Waals surface area contributed by atoms with Crippen molar-refractivity contribution in [3.8, 4) is 0 Å². The van der Waals surface area contributed by atoms with Gasteiger partial charge in [-0.05, 0) is 46.8 Å². The molecule has 1 saturated carbocycles. The van der Waals surface area contributed by atoms with Crippen LogP contribution in [0.15, 0.2) is 29.0 Å². The maximum Gasteiger partial charge on any atom is 0.178 e. The Bertz CT molecular complexity index is 471. The molecular formula is C11H11BrN2. The molecule has 1 aliphatic carbocycles. The summed E-state index contributed by atoms with van der Waals surface area (Å²) in [6, 6.07) is 8.29. The first-order valence-electron chi connectivity index (χ1n) is 4.95. The van der Waals surface area contributed by atoms with Crippen LogP contribution < -0.4 is 0 Å². The molecule has 0 spiro atoms. The Morgan fingerprint density at radius 2 is 2.14 bits per heavy atom. The largest absolute Gasteiger partial charge is 0.318 e. The highest BCUT2D eigenvalue weighted by molar-refractivity contribution is 9.10. The summed E-state index contributed by atoms with van der Waals surface area (Å²) in [4.78, 5) is 4.47. The predicted molar refractivity (Wildman–Crippen MR) is 60.2 cm³/mol. The molecule has 1 aromatic heterocycles. The Labute approximate surface area is 91.1 Å². The van der Waals surface area contributed by atoms with E-state index in [2.05, 4.69) is 43.7 Å². The van der Waals surface area contributed by atoms with Crippen LogP contribution in [0.5, 0.6) is 0 Å². The van der Waals surface area contributed by atoms with E-state index >= 15 is 0 Å². The van der Waals surface area contributed by atoms with E-state index in [9.17, 15) is 0 Å². The molecule has 1 fully saturated rings. The zero-order chi connectivity index (χ0) is 9.54. The van der Waals surface area contributed by atoms with Gasteiger partial charge in [-0.25, -0.2) is 4.98 Å². The molecule has 0 atom stereocenters. The van der Waals surface area contributed by atoms with Crippen molar-refractivity contribution < 1.29 is 0 Å². The van der Waals surface area contributed by atoms with Crippen LogP contribution in [-0.4, -0.2) is 9.55 Å². The average molecular weight is 251 g/mol. The minimum atomic E-state index is 0.879. The van der Waals surface area contributed by atoms with Gasteiger partial charge in [0.15, 0.2) is 4.73 Å². The summed E-state index contributed by atoms with van der Waals surface area (Å²) in [5, 5.41) is 0. The molecule has 0 unspecified atom stereocenters. The third-order valence-electron chi connectivity index (χ3n) is 2.75. The van der Waals surface area contributed by atoms with Gasteiger partial charge in [-0.15, -0.1) is 0 Å². The molecular weight excluding hydrogens is 240 g/mol. The van der Waals surface area contributed by atoms with E-state index in [1.54, 1.807) is 0 Å². The maximum atomic E-state index is 4.47. The molecule has 2 nitrogen and oxygen atoms in total. The van der Waals surface area contributed by atoms with Gasteiger partial charge in [0.1, 0.15) is 0 Å². The van der Waals surface area contributed by atoms with E-state index in [1.165, 1.54) is 18.4 Å². The average Bonchev–Trinajstić information content (AvgIpc) is 2.93. The lowest BCUT2D eigenvalue weighted by atomic mass is 10.3. The number of imidazole rings is 1. The normalized spacial score (nSPS) is 16.4. The topological polar surface area (TPSA) is 17.8 Å². The second-order valence-electron chi connectivity index (χ2n) is 3.92. The molecule has 14 heavy (non-hydrogen) atoms. The number of hydrogen-bond acceptors (Lipinski definition) is 1.